The van der Waals surface area contributed by atoms with Gasteiger partial charge in [0, 0.05) is 7.11 Å². The van der Waals surface area contributed by atoms with Crippen molar-refractivity contribution in [3.05, 3.63) is 0 Å². The number of carbonyl (C=O) groups is 1. The summed E-state index contributed by atoms with van der Waals surface area (Å²) in [5.74, 6) is 0. The van der Waals surface area contributed by atoms with Gasteiger partial charge in [0.05, 0.1) is 12.6 Å². The highest BCUT2D eigenvalue weighted by molar-refractivity contribution is 5.66. The molecule has 0 rings (SSSR count). The van der Waals surface area contributed by atoms with Gasteiger partial charge < -0.3 is 9.47 Å². The zero-order valence-corrected chi connectivity index (χ0v) is 9.40. The zero-order chi connectivity index (χ0) is 11.4. The summed E-state index contributed by atoms with van der Waals surface area (Å²) in [7, 11) is 1.50. The Morgan fingerprint density at radius 2 is 2.00 bits per heavy atom. The third-order valence-electron chi connectivity index (χ3n) is 1.41. The molecule has 0 bridgehead atoms. The van der Waals surface area contributed by atoms with Gasteiger partial charge in [-0.2, -0.15) is 5.06 Å². The maximum atomic E-state index is 11.3. The first-order chi connectivity index (χ1) is 6.28. The van der Waals surface area contributed by atoms with Gasteiger partial charge in [0.15, 0.2) is 0 Å². The fourth-order valence-electron chi connectivity index (χ4n) is 0.800. The van der Waals surface area contributed by atoms with Crippen LogP contribution in [0.3, 0.4) is 0 Å². The Morgan fingerprint density at radius 3 is 2.36 bits per heavy atom. The second-order valence-corrected chi connectivity index (χ2v) is 4.13. The van der Waals surface area contributed by atoms with Crippen molar-refractivity contribution in [1.82, 2.24) is 5.06 Å². The van der Waals surface area contributed by atoms with Crippen molar-refractivity contribution in [2.45, 2.75) is 39.3 Å². The maximum absolute atomic E-state index is 11.3. The van der Waals surface area contributed by atoms with Gasteiger partial charge in [0.1, 0.15) is 5.60 Å². The van der Waals surface area contributed by atoms with Crippen molar-refractivity contribution in [3.8, 4) is 0 Å². The monoisotopic (exact) mass is 205 g/mol. The van der Waals surface area contributed by atoms with Crippen LogP contribution >= 0.6 is 0 Å². The van der Waals surface area contributed by atoms with E-state index in [0.717, 1.165) is 0 Å². The first-order valence-corrected chi connectivity index (χ1v) is 4.48. The van der Waals surface area contributed by atoms with Crippen molar-refractivity contribution in [2.24, 2.45) is 0 Å². The second-order valence-electron chi connectivity index (χ2n) is 4.13. The van der Waals surface area contributed by atoms with Crippen LogP contribution in [0.1, 0.15) is 27.7 Å². The fourth-order valence-corrected chi connectivity index (χ4v) is 0.800. The van der Waals surface area contributed by atoms with Crippen LogP contribution in [0, 0.1) is 0 Å². The summed E-state index contributed by atoms with van der Waals surface area (Å²) in [6, 6.07) is -0.421. The van der Waals surface area contributed by atoms with Crippen LogP contribution in [0.25, 0.3) is 0 Å². The van der Waals surface area contributed by atoms with Crippen molar-refractivity contribution in [3.63, 3.8) is 0 Å². The third kappa shape index (κ3) is 5.04. The molecule has 1 unspecified atom stereocenters. The molecule has 0 aliphatic heterocycles. The Morgan fingerprint density at radius 1 is 1.50 bits per heavy atom. The lowest BCUT2D eigenvalue weighted by Crippen LogP contribution is -2.41. The summed E-state index contributed by atoms with van der Waals surface area (Å²) in [5, 5.41) is 9.90. The molecule has 5 nitrogen and oxygen atoms in total. The van der Waals surface area contributed by atoms with E-state index >= 15 is 0 Å². The number of rotatable bonds is 3. The summed E-state index contributed by atoms with van der Waals surface area (Å²) in [4.78, 5) is 11.3. The smallest absolute Gasteiger partial charge is 0.434 e. The average molecular weight is 205 g/mol. The lowest BCUT2D eigenvalue weighted by Gasteiger charge is -2.26. The normalized spacial score (nSPS) is 13.6. The van der Waals surface area contributed by atoms with E-state index in [0.29, 0.717) is 5.06 Å². The van der Waals surface area contributed by atoms with Crippen molar-refractivity contribution in [2.75, 3.05) is 13.7 Å². The molecule has 0 fully saturated rings. The first-order valence-electron chi connectivity index (χ1n) is 4.48. The largest absolute Gasteiger partial charge is 0.442 e. The molecule has 0 saturated carbocycles. The molecule has 0 aromatic rings. The van der Waals surface area contributed by atoms with Crippen LogP contribution in [0.5, 0.6) is 0 Å². The van der Waals surface area contributed by atoms with Crippen LogP contribution in [0.4, 0.5) is 4.79 Å². The van der Waals surface area contributed by atoms with Gasteiger partial charge in [-0.25, -0.2) is 4.79 Å². The third-order valence-corrected chi connectivity index (χ3v) is 1.41. The molecule has 0 aromatic heterocycles. The lowest BCUT2D eigenvalue weighted by atomic mass is 10.2. The van der Waals surface area contributed by atoms with Gasteiger partial charge in [0.2, 0.25) is 0 Å². The molecule has 0 aliphatic carbocycles. The predicted octanol–water partition coefficient (Wildman–Crippen LogP) is 1.65. The lowest BCUT2D eigenvalue weighted by molar-refractivity contribution is -0.126. The van der Waals surface area contributed by atoms with E-state index in [2.05, 4.69) is 0 Å². The van der Waals surface area contributed by atoms with E-state index in [-0.39, 0.29) is 6.61 Å². The Hall–Kier alpha value is -0.810. The SMILES string of the molecule is COCC(C)N(O)C(=O)OC(C)(C)C. The summed E-state index contributed by atoms with van der Waals surface area (Å²) in [6.45, 7) is 7.13. The van der Waals surface area contributed by atoms with Gasteiger partial charge in [0.25, 0.3) is 0 Å². The molecule has 0 aliphatic rings. The van der Waals surface area contributed by atoms with Gasteiger partial charge in [-0.15, -0.1) is 0 Å². The van der Waals surface area contributed by atoms with Gasteiger partial charge in [-0.1, -0.05) is 0 Å². The van der Waals surface area contributed by atoms with Gasteiger partial charge in [-0.05, 0) is 27.7 Å². The molecular formula is C9H19NO4. The number of hydroxylamine groups is 2. The molecule has 5 heteroatoms. The minimum atomic E-state index is -0.762. The number of hydrogen-bond donors (Lipinski definition) is 1. The quantitative estimate of drug-likeness (QED) is 0.562. The van der Waals surface area contributed by atoms with Crippen molar-refractivity contribution >= 4 is 6.09 Å². The first kappa shape index (κ1) is 13.2. The number of methoxy groups -OCH3 is 1. The van der Waals surface area contributed by atoms with E-state index in [1.165, 1.54) is 7.11 Å². The number of nitrogens with zero attached hydrogens (tertiary/aromatic N) is 1. The average Bonchev–Trinajstić information content (AvgIpc) is 2.00. The van der Waals surface area contributed by atoms with Crippen LogP contribution in [0.15, 0.2) is 0 Å². The fraction of sp³-hybridized carbons (Fsp3) is 0.889. The standard InChI is InChI=1S/C9H19NO4/c1-7(6-13-5)10(12)8(11)14-9(2,3)4/h7,12H,6H2,1-5H3. The van der Waals surface area contributed by atoms with E-state index in [9.17, 15) is 10.0 Å². The van der Waals surface area contributed by atoms with E-state index in [1.54, 1.807) is 27.7 Å². The number of amides is 1. The highest BCUT2D eigenvalue weighted by Gasteiger charge is 2.24. The predicted molar refractivity (Wildman–Crippen MR) is 51.2 cm³/mol. The van der Waals surface area contributed by atoms with Crippen molar-refractivity contribution in [1.29, 1.82) is 0 Å². The summed E-state index contributed by atoms with van der Waals surface area (Å²) >= 11 is 0. The molecule has 1 amide bonds. The highest BCUT2D eigenvalue weighted by Crippen LogP contribution is 2.10. The van der Waals surface area contributed by atoms with Crippen LogP contribution in [-0.2, 0) is 9.47 Å². The van der Waals surface area contributed by atoms with Gasteiger partial charge in [-0.3, -0.25) is 5.21 Å². The molecular weight excluding hydrogens is 186 g/mol. The Bertz CT molecular complexity index is 188. The van der Waals surface area contributed by atoms with Crippen molar-refractivity contribution < 1.29 is 19.5 Å². The Kier molecular flexibility index (Phi) is 4.87. The molecule has 0 radical (unpaired) electrons. The summed E-state index contributed by atoms with van der Waals surface area (Å²) < 4.78 is 9.74. The number of carbonyl (C=O) groups excluding carboxylic acids is 1. The molecule has 14 heavy (non-hydrogen) atoms. The molecule has 0 aromatic carbocycles. The molecule has 0 heterocycles. The van der Waals surface area contributed by atoms with E-state index in [4.69, 9.17) is 9.47 Å². The van der Waals surface area contributed by atoms with E-state index in [1.807, 2.05) is 0 Å². The van der Waals surface area contributed by atoms with E-state index < -0.39 is 17.7 Å². The second kappa shape index (κ2) is 5.17. The molecule has 84 valence electrons. The molecule has 1 N–H and O–H groups in total. The Labute approximate surface area is 84.6 Å². The Balaban J connectivity index is 4.12. The maximum Gasteiger partial charge on any atom is 0.434 e. The molecule has 1 atom stereocenters. The summed E-state index contributed by atoms with van der Waals surface area (Å²) in [6.07, 6.45) is -0.762. The summed E-state index contributed by atoms with van der Waals surface area (Å²) in [5.41, 5.74) is -0.606. The van der Waals surface area contributed by atoms with Crippen LogP contribution in [0.2, 0.25) is 0 Å². The topological polar surface area (TPSA) is 59.0 Å². The minimum absolute atomic E-state index is 0.260. The zero-order valence-electron chi connectivity index (χ0n) is 9.40. The highest BCUT2D eigenvalue weighted by atomic mass is 16.6. The minimum Gasteiger partial charge on any atom is -0.442 e. The number of hydrogen-bond acceptors (Lipinski definition) is 4. The number of ether oxygens (including phenoxy) is 2. The van der Waals surface area contributed by atoms with Crippen LogP contribution in [-0.4, -0.2) is 41.7 Å². The van der Waals surface area contributed by atoms with Crippen LogP contribution < -0.4 is 0 Å². The molecule has 0 saturated heterocycles. The van der Waals surface area contributed by atoms with Gasteiger partial charge >= 0.3 is 6.09 Å². The molecule has 0 spiro atoms.